The molecule has 0 aromatic carbocycles. The first-order chi connectivity index (χ1) is 6.80. The van der Waals surface area contributed by atoms with E-state index in [1.807, 2.05) is 13.8 Å². The zero-order valence-electron chi connectivity index (χ0n) is 8.38. The van der Waals surface area contributed by atoms with Gasteiger partial charge in [-0.05, 0) is 12.0 Å². The van der Waals surface area contributed by atoms with Gasteiger partial charge in [0.05, 0.1) is 0 Å². The second-order valence-electron chi connectivity index (χ2n) is 3.64. The average Bonchev–Trinajstić information content (AvgIpc) is 2.05. The van der Waals surface area contributed by atoms with Gasteiger partial charge < -0.3 is 0 Å². The van der Waals surface area contributed by atoms with Crippen molar-refractivity contribution in [2.75, 3.05) is 0 Å². The molecule has 1 heterocycles. The van der Waals surface area contributed by atoms with E-state index < -0.39 is 17.6 Å². The van der Waals surface area contributed by atoms with E-state index in [1.54, 1.807) is 0 Å². The fourth-order valence-corrected chi connectivity index (χ4v) is 1.12. The molecule has 0 fully saturated rings. The smallest absolute Gasteiger partial charge is 0.299 e. The summed E-state index contributed by atoms with van der Waals surface area (Å²) >= 11 is 0. The Balaban J connectivity index is 3.04. The van der Waals surface area contributed by atoms with Gasteiger partial charge in [0.25, 0.3) is 0 Å². The molecule has 0 aliphatic heterocycles. The van der Waals surface area contributed by atoms with Crippen LogP contribution in [0.3, 0.4) is 0 Å². The first-order valence-electron chi connectivity index (χ1n) is 4.45. The first-order valence-corrected chi connectivity index (χ1v) is 4.45. The van der Waals surface area contributed by atoms with E-state index in [0.717, 1.165) is 12.3 Å². The molecule has 0 atom stereocenters. The van der Waals surface area contributed by atoms with E-state index >= 15 is 0 Å². The Morgan fingerprint density at radius 3 is 2.47 bits per heavy atom. The molecule has 0 spiro atoms. The third-order valence-corrected chi connectivity index (χ3v) is 1.73. The van der Waals surface area contributed by atoms with Gasteiger partial charge in [-0.15, -0.1) is 0 Å². The van der Waals surface area contributed by atoms with Crippen LogP contribution in [0.2, 0.25) is 0 Å². The highest BCUT2D eigenvalue weighted by molar-refractivity contribution is 5.03. The van der Waals surface area contributed by atoms with Gasteiger partial charge in [0.1, 0.15) is 0 Å². The maximum absolute atomic E-state index is 12.2. The normalized spacial score (nSPS) is 12.1. The van der Waals surface area contributed by atoms with Crippen molar-refractivity contribution in [1.82, 2.24) is 9.55 Å². The molecule has 1 rings (SSSR count). The van der Waals surface area contributed by atoms with Crippen molar-refractivity contribution in [3.8, 4) is 0 Å². The van der Waals surface area contributed by atoms with E-state index in [-0.39, 0.29) is 5.92 Å². The van der Waals surface area contributed by atoms with Crippen LogP contribution in [0.25, 0.3) is 0 Å². The quantitative estimate of drug-likeness (QED) is 0.763. The Labute approximate surface area is 84.6 Å². The van der Waals surface area contributed by atoms with Gasteiger partial charge in [0.15, 0.2) is 5.69 Å². The summed E-state index contributed by atoms with van der Waals surface area (Å²) in [4.78, 5) is 14.2. The Morgan fingerprint density at radius 2 is 2.07 bits per heavy atom. The van der Waals surface area contributed by atoms with Crippen molar-refractivity contribution in [1.29, 1.82) is 0 Å². The predicted octanol–water partition coefficient (Wildman–Crippen LogP) is 1.92. The predicted molar refractivity (Wildman–Crippen MR) is 48.3 cm³/mol. The van der Waals surface area contributed by atoms with E-state index in [2.05, 4.69) is 4.98 Å². The Bertz CT molecular complexity index is 395. The molecule has 6 heteroatoms. The van der Waals surface area contributed by atoms with Gasteiger partial charge in [0.2, 0.25) is 0 Å². The summed E-state index contributed by atoms with van der Waals surface area (Å²) in [5, 5.41) is 0. The van der Waals surface area contributed by atoms with Crippen molar-refractivity contribution >= 4 is 0 Å². The largest absolute Gasteiger partial charge is 0.433 e. The molecule has 1 aromatic heterocycles. The molecule has 0 aliphatic carbocycles. The number of hydrogen-bond acceptors (Lipinski definition) is 2. The minimum atomic E-state index is -4.56. The molecule has 0 unspecified atom stereocenters. The van der Waals surface area contributed by atoms with Gasteiger partial charge >= 0.3 is 11.9 Å². The molecule has 84 valence electrons. The SMILES string of the molecule is CC(C)Cn1ccc(C(F)(F)F)nc1=O. The van der Waals surface area contributed by atoms with Crippen molar-refractivity contribution in [3.63, 3.8) is 0 Å². The topological polar surface area (TPSA) is 34.9 Å². The van der Waals surface area contributed by atoms with Gasteiger partial charge in [-0.1, -0.05) is 13.8 Å². The van der Waals surface area contributed by atoms with Gasteiger partial charge in [-0.2, -0.15) is 18.2 Å². The zero-order valence-corrected chi connectivity index (χ0v) is 8.38. The molecule has 3 nitrogen and oxygen atoms in total. The van der Waals surface area contributed by atoms with Crippen LogP contribution in [0.5, 0.6) is 0 Å². The molecule has 0 bridgehead atoms. The minimum Gasteiger partial charge on any atom is -0.299 e. The molecule has 0 amide bonds. The second kappa shape index (κ2) is 4.04. The molecule has 0 radical (unpaired) electrons. The summed E-state index contributed by atoms with van der Waals surface area (Å²) in [5.74, 6) is 0.182. The van der Waals surface area contributed by atoms with Crippen molar-refractivity contribution in [2.24, 2.45) is 5.92 Å². The fraction of sp³-hybridized carbons (Fsp3) is 0.556. The summed E-state index contributed by atoms with van der Waals surface area (Å²) in [6.45, 7) is 4.10. The maximum atomic E-state index is 12.2. The maximum Gasteiger partial charge on any atom is 0.433 e. The van der Waals surface area contributed by atoms with Gasteiger partial charge in [-0.25, -0.2) is 4.79 Å². The molecule has 0 saturated heterocycles. The van der Waals surface area contributed by atoms with Crippen molar-refractivity contribution < 1.29 is 13.2 Å². The van der Waals surface area contributed by atoms with E-state index in [4.69, 9.17) is 0 Å². The van der Waals surface area contributed by atoms with E-state index in [9.17, 15) is 18.0 Å². The average molecular weight is 220 g/mol. The molecular formula is C9H11F3N2O. The van der Waals surface area contributed by atoms with E-state index in [1.165, 1.54) is 4.57 Å². The van der Waals surface area contributed by atoms with Crippen LogP contribution in [-0.2, 0) is 12.7 Å². The number of hydrogen-bond donors (Lipinski definition) is 0. The van der Waals surface area contributed by atoms with Crippen LogP contribution >= 0.6 is 0 Å². The van der Waals surface area contributed by atoms with Crippen LogP contribution in [0.15, 0.2) is 17.1 Å². The van der Waals surface area contributed by atoms with Crippen LogP contribution in [0.4, 0.5) is 13.2 Å². The molecule has 15 heavy (non-hydrogen) atoms. The molecule has 0 aliphatic rings. The first kappa shape index (κ1) is 11.7. The summed E-state index contributed by atoms with van der Waals surface area (Å²) in [6, 6.07) is 0.809. The lowest BCUT2D eigenvalue weighted by molar-refractivity contribution is -0.141. The number of rotatable bonds is 2. The Kier molecular flexibility index (Phi) is 3.16. The number of nitrogens with zero attached hydrogens (tertiary/aromatic N) is 2. The molecule has 0 saturated carbocycles. The lowest BCUT2D eigenvalue weighted by atomic mass is 10.2. The van der Waals surface area contributed by atoms with E-state index in [0.29, 0.717) is 6.54 Å². The van der Waals surface area contributed by atoms with Crippen molar-refractivity contribution in [2.45, 2.75) is 26.6 Å². The summed E-state index contributed by atoms with van der Waals surface area (Å²) in [5.41, 5.74) is -2.01. The summed E-state index contributed by atoms with van der Waals surface area (Å²) in [6.07, 6.45) is -3.44. The van der Waals surface area contributed by atoms with Crippen molar-refractivity contribution in [3.05, 3.63) is 28.4 Å². The van der Waals surface area contributed by atoms with Crippen LogP contribution in [-0.4, -0.2) is 9.55 Å². The fourth-order valence-electron chi connectivity index (χ4n) is 1.12. The highest BCUT2D eigenvalue weighted by Crippen LogP contribution is 2.26. The lowest BCUT2D eigenvalue weighted by Gasteiger charge is -2.09. The number of aromatic nitrogens is 2. The number of alkyl halides is 3. The molecule has 1 aromatic rings. The third kappa shape index (κ3) is 3.07. The Morgan fingerprint density at radius 1 is 1.47 bits per heavy atom. The minimum absolute atomic E-state index is 0.182. The monoisotopic (exact) mass is 220 g/mol. The van der Waals surface area contributed by atoms with Gasteiger partial charge in [-0.3, -0.25) is 4.57 Å². The number of halogens is 3. The third-order valence-electron chi connectivity index (χ3n) is 1.73. The van der Waals surface area contributed by atoms with Gasteiger partial charge in [0, 0.05) is 12.7 Å². The zero-order chi connectivity index (χ0) is 11.6. The second-order valence-corrected chi connectivity index (χ2v) is 3.64. The summed E-state index contributed by atoms with van der Waals surface area (Å²) < 4.78 is 37.6. The summed E-state index contributed by atoms with van der Waals surface area (Å²) in [7, 11) is 0. The molecular weight excluding hydrogens is 209 g/mol. The van der Waals surface area contributed by atoms with Crippen LogP contribution < -0.4 is 5.69 Å². The Hall–Kier alpha value is -1.33. The van der Waals surface area contributed by atoms with Crippen LogP contribution in [0.1, 0.15) is 19.5 Å². The standard InChI is InChI=1S/C9H11F3N2O/c1-6(2)5-14-4-3-7(9(10,11)12)13-8(14)15/h3-4,6H,5H2,1-2H3. The highest BCUT2D eigenvalue weighted by atomic mass is 19.4. The highest BCUT2D eigenvalue weighted by Gasteiger charge is 2.32. The lowest BCUT2D eigenvalue weighted by Crippen LogP contribution is -2.27. The molecule has 0 N–H and O–H groups in total. The van der Waals surface area contributed by atoms with Crippen LogP contribution in [0, 0.1) is 5.92 Å².